The number of hydrogen-bond acceptors (Lipinski definition) is 6. The summed E-state index contributed by atoms with van der Waals surface area (Å²) in [5.74, 6) is 0.544. The molecule has 0 saturated carbocycles. The summed E-state index contributed by atoms with van der Waals surface area (Å²) < 4.78 is 18.1. The maximum absolute atomic E-state index is 13.0. The monoisotopic (exact) mass is 371 g/mol. The van der Waals surface area contributed by atoms with Crippen LogP contribution in [0.15, 0.2) is 41.3 Å². The van der Waals surface area contributed by atoms with Gasteiger partial charge in [0, 0.05) is 18.8 Å². The number of pyridine rings is 1. The van der Waals surface area contributed by atoms with Gasteiger partial charge in [0.1, 0.15) is 18.5 Å². The maximum Gasteiger partial charge on any atom is 0.278 e. The number of hydrogen-bond donors (Lipinski definition) is 1. The number of aromatic nitrogens is 1. The molecule has 0 aliphatic carbocycles. The number of nitrogens with zero attached hydrogens (tertiary/aromatic N) is 2. The topological polar surface area (TPSA) is 82.0 Å². The summed E-state index contributed by atoms with van der Waals surface area (Å²) in [7, 11) is 1.60. The van der Waals surface area contributed by atoms with Gasteiger partial charge in [-0.15, -0.1) is 0 Å². The number of benzene rings is 1. The molecule has 1 amide bonds. The zero-order valence-electron chi connectivity index (χ0n) is 15.2. The van der Waals surface area contributed by atoms with Crippen molar-refractivity contribution in [3.8, 4) is 11.5 Å². The van der Waals surface area contributed by atoms with Crippen LogP contribution in [-0.2, 0) is 11.3 Å². The number of carbonyl (C=O) groups is 1. The number of rotatable bonds is 4. The number of carbonyl (C=O) groups excluding carboxylic acids is 1. The highest BCUT2D eigenvalue weighted by atomic mass is 16.5. The van der Waals surface area contributed by atoms with Crippen LogP contribution in [0, 0.1) is 0 Å². The predicted molar refractivity (Wildman–Crippen MR) is 97.6 cm³/mol. The second-order valence-corrected chi connectivity index (χ2v) is 6.51. The van der Waals surface area contributed by atoms with E-state index >= 15 is 0 Å². The molecule has 4 rings (SSSR count). The van der Waals surface area contributed by atoms with Crippen molar-refractivity contribution in [1.29, 1.82) is 0 Å². The normalized spacial score (nSPS) is 21.1. The Labute approximate surface area is 156 Å². The molecule has 1 N–H and O–H groups in total. The van der Waals surface area contributed by atoms with Crippen molar-refractivity contribution in [2.24, 2.45) is 0 Å². The molecule has 1 saturated heterocycles. The van der Waals surface area contributed by atoms with Crippen LogP contribution in [-0.4, -0.2) is 48.0 Å². The number of ether oxygens (including phenoxy) is 3. The van der Waals surface area contributed by atoms with Gasteiger partial charge in [0.15, 0.2) is 11.4 Å². The first-order chi connectivity index (χ1) is 13.1. The lowest BCUT2D eigenvalue weighted by Gasteiger charge is -2.44. The van der Waals surface area contributed by atoms with Gasteiger partial charge < -0.3 is 24.5 Å². The molecule has 1 aromatic carbocycles. The van der Waals surface area contributed by atoms with Gasteiger partial charge >= 0.3 is 0 Å². The fraction of sp³-hybridized carbons (Fsp3) is 0.368. The van der Waals surface area contributed by atoms with Crippen LogP contribution in [0.25, 0.3) is 0 Å². The molecule has 142 valence electrons. The summed E-state index contributed by atoms with van der Waals surface area (Å²) in [6, 6.07) is 8.73. The van der Waals surface area contributed by atoms with E-state index in [0.717, 1.165) is 11.3 Å². The summed E-state index contributed by atoms with van der Waals surface area (Å²) in [6.45, 7) is 3.00. The second kappa shape index (κ2) is 6.96. The van der Waals surface area contributed by atoms with Crippen LogP contribution in [0.2, 0.25) is 0 Å². The maximum atomic E-state index is 13.0. The molecule has 2 unspecified atom stereocenters. The molecular formula is C19H21N3O5. The van der Waals surface area contributed by atoms with Gasteiger partial charge in [0.25, 0.3) is 5.91 Å². The summed E-state index contributed by atoms with van der Waals surface area (Å²) in [5.41, 5.74) is 3.97. The Morgan fingerprint density at radius 1 is 1.22 bits per heavy atom. The fourth-order valence-corrected chi connectivity index (χ4v) is 3.34. The van der Waals surface area contributed by atoms with E-state index in [1.807, 2.05) is 31.2 Å². The van der Waals surface area contributed by atoms with Gasteiger partial charge in [-0.1, -0.05) is 12.1 Å². The summed E-state index contributed by atoms with van der Waals surface area (Å²) >= 11 is 0. The first-order valence-electron chi connectivity index (χ1n) is 8.79. The molecule has 0 spiro atoms. The van der Waals surface area contributed by atoms with E-state index in [-0.39, 0.29) is 41.7 Å². The van der Waals surface area contributed by atoms with Crippen LogP contribution in [0.5, 0.6) is 11.5 Å². The Morgan fingerprint density at radius 3 is 2.74 bits per heavy atom. The number of fused-ring (bicyclic) bond motifs is 2. The Hall–Kier alpha value is -3.00. The van der Waals surface area contributed by atoms with Gasteiger partial charge in [0.2, 0.25) is 5.43 Å². The number of morpholine rings is 1. The van der Waals surface area contributed by atoms with Crippen molar-refractivity contribution < 1.29 is 19.0 Å². The van der Waals surface area contributed by atoms with Crippen LogP contribution >= 0.6 is 0 Å². The highest BCUT2D eigenvalue weighted by Crippen LogP contribution is 2.25. The molecule has 8 heteroatoms. The van der Waals surface area contributed by atoms with E-state index in [1.54, 1.807) is 22.9 Å². The van der Waals surface area contributed by atoms with Crippen molar-refractivity contribution in [2.45, 2.75) is 25.8 Å². The largest absolute Gasteiger partial charge is 0.497 e. The minimum Gasteiger partial charge on any atom is -0.497 e. The summed E-state index contributed by atoms with van der Waals surface area (Å²) in [4.78, 5) is 27.1. The van der Waals surface area contributed by atoms with Crippen LogP contribution in [0.3, 0.4) is 0 Å². The molecule has 2 aromatic rings. The van der Waals surface area contributed by atoms with E-state index in [9.17, 15) is 9.59 Å². The van der Waals surface area contributed by atoms with E-state index in [4.69, 9.17) is 14.2 Å². The number of methoxy groups -OCH3 is 1. The number of nitrogens with one attached hydrogen (secondary N) is 1. The van der Waals surface area contributed by atoms with Gasteiger partial charge in [-0.2, -0.15) is 0 Å². The standard InChI is InChI=1S/C19H21N3O5/c1-12-18-20-22-8-7-15(23)17(16(22)19(24)21(18)9-10-26-12)27-11-13-3-5-14(25-2)6-4-13/h3-8,12,18,20H,9-11H2,1-2H3. The minimum atomic E-state index is -0.329. The molecular weight excluding hydrogens is 350 g/mol. The van der Waals surface area contributed by atoms with E-state index in [0.29, 0.717) is 13.2 Å². The first kappa shape index (κ1) is 17.4. The third-order valence-electron chi connectivity index (χ3n) is 4.83. The highest BCUT2D eigenvalue weighted by molar-refractivity contribution is 5.96. The lowest BCUT2D eigenvalue weighted by Crippen LogP contribution is -2.62. The smallest absolute Gasteiger partial charge is 0.278 e. The molecule has 1 fully saturated rings. The van der Waals surface area contributed by atoms with Crippen molar-refractivity contribution >= 4 is 5.91 Å². The van der Waals surface area contributed by atoms with E-state index in [1.165, 1.54) is 6.07 Å². The quantitative estimate of drug-likeness (QED) is 0.869. The van der Waals surface area contributed by atoms with E-state index < -0.39 is 0 Å². The molecule has 8 nitrogen and oxygen atoms in total. The van der Waals surface area contributed by atoms with Crippen molar-refractivity contribution in [3.63, 3.8) is 0 Å². The second-order valence-electron chi connectivity index (χ2n) is 6.51. The van der Waals surface area contributed by atoms with Gasteiger partial charge in [-0.25, -0.2) is 0 Å². The van der Waals surface area contributed by atoms with Gasteiger partial charge in [-0.05, 0) is 24.6 Å². The average Bonchev–Trinajstić information content (AvgIpc) is 2.69. The van der Waals surface area contributed by atoms with Crippen molar-refractivity contribution in [1.82, 2.24) is 9.58 Å². The summed E-state index contributed by atoms with van der Waals surface area (Å²) in [6.07, 6.45) is 1.11. The molecule has 2 aliphatic heterocycles. The molecule has 0 bridgehead atoms. The van der Waals surface area contributed by atoms with Gasteiger partial charge in [-0.3, -0.25) is 14.3 Å². The third kappa shape index (κ3) is 3.12. The molecule has 0 radical (unpaired) electrons. The third-order valence-corrected chi connectivity index (χ3v) is 4.83. The molecule has 2 atom stereocenters. The Kier molecular flexibility index (Phi) is 4.49. The fourth-order valence-electron chi connectivity index (χ4n) is 3.34. The zero-order valence-corrected chi connectivity index (χ0v) is 15.2. The SMILES string of the molecule is COc1ccc(COc2c3n(ccc2=O)NC2C(C)OCCN2C3=O)cc1. The summed E-state index contributed by atoms with van der Waals surface area (Å²) in [5, 5.41) is 0. The molecule has 2 aliphatic rings. The number of amides is 1. The van der Waals surface area contributed by atoms with Crippen LogP contribution in [0.4, 0.5) is 0 Å². The first-order valence-corrected chi connectivity index (χ1v) is 8.79. The highest BCUT2D eigenvalue weighted by Gasteiger charge is 2.40. The molecule has 27 heavy (non-hydrogen) atoms. The van der Waals surface area contributed by atoms with Crippen molar-refractivity contribution in [2.75, 3.05) is 25.7 Å². The Bertz CT molecular complexity index is 909. The zero-order chi connectivity index (χ0) is 19.0. The van der Waals surface area contributed by atoms with Gasteiger partial charge in [0.05, 0.1) is 19.8 Å². The minimum absolute atomic E-state index is 0.0448. The molecule has 3 heterocycles. The van der Waals surface area contributed by atoms with Crippen LogP contribution in [0.1, 0.15) is 23.0 Å². The van der Waals surface area contributed by atoms with Crippen molar-refractivity contribution in [3.05, 3.63) is 58.0 Å². The Balaban J connectivity index is 1.63. The molecule has 1 aromatic heterocycles. The Morgan fingerprint density at radius 2 is 2.00 bits per heavy atom. The lowest BCUT2D eigenvalue weighted by molar-refractivity contribution is -0.0492. The average molecular weight is 371 g/mol. The van der Waals surface area contributed by atoms with E-state index in [2.05, 4.69) is 5.43 Å². The lowest BCUT2D eigenvalue weighted by atomic mass is 10.1. The van der Waals surface area contributed by atoms with Crippen LogP contribution < -0.4 is 20.3 Å². The predicted octanol–water partition coefficient (Wildman–Crippen LogP) is 1.18.